The number of nitrogens with zero attached hydrogens (tertiary/aromatic N) is 3. The van der Waals surface area contributed by atoms with Gasteiger partial charge in [0.25, 0.3) is 5.91 Å². The largest absolute Gasteiger partial charge is 0.375 e. The topological polar surface area (TPSA) is 45.7 Å². The smallest absolute Gasteiger partial charge is 0.272 e. The second kappa shape index (κ2) is 7.23. The molecule has 5 nitrogen and oxygen atoms in total. The van der Waals surface area contributed by atoms with Crippen LogP contribution in [0, 0.1) is 12.8 Å². The van der Waals surface area contributed by atoms with Crippen molar-refractivity contribution >= 4 is 17.2 Å². The lowest BCUT2D eigenvalue weighted by atomic mass is 10.1. The Morgan fingerprint density at radius 2 is 2.28 bits per heavy atom. The van der Waals surface area contributed by atoms with Gasteiger partial charge in [-0.25, -0.2) is 0 Å². The number of hydrogen-bond acceptors (Lipinski definition) is 5. The highest BCUT2D eigenvalue weighted by Crippen LogP contribution is 2.26. The van der Waals surface area contributed by atoms with Gasteiger partial charge in [0.1, 0.15) is 5.69 Å². The molecule has 6 heteroatoms. The Morgan fingerprint density at radius 1 is 1.36 bits per heavy atom. The van der Waals surface area contributed by atoms with E-state index in [2.05, 4.69) is 27.4 Å². The molecule has 0 bridgehead atoms. The van der Waals surface area contributed by atoms with Gasteiger partial charge in [-0.1, -0.05) is 6.07 Å². The van der Waals surface area contributed by atoms with Crippen LogP contribution in [0.4, 0.5) is 0 Å². The van der Waals surface area contributed by atoms with Gasteiger partial charge in [-0.3, -0.25) is 14.7 Å². The molecule has 2 aromatic heterocycles. The summed E-state index contributed by atoms with van der Waals surface area (Å²) in [5.41, 5.74) is 1.59. The van der Waals surface area contributed by atoms with E-state index in [1.54, 1.807) is 17.5 Å². The zero-order chi connectivity index (χ0) is 17.2. The minimum Gasteiger partial charge on any atom is -0.375 e. The van der Waals surface area contributed by atoms with Crippen molar-refractivity contribution in [3.05, 3.63) is 52.0 Å². The molecule has 2 saturated heterocycles. The fourth-order valence-electron chi connectivity index (χ4n) is 3.71. The normalized spacial score (nSPS) is 24.1. The van der Waals surface area contributed by atoms with Crippen molar-refractivity contribution in [2.75, 3.05) is 32.8 Å². The molecule has 2 fully saturated rings. The van der Waals surface area contributed by atoms with Crippen LogP contribution in [0.15, 0.2) is 35.8 Å². The second-order valence-electron chi connectivity index (χ2n) is 6.91. The van der Waals surface area contributed by atoms with Gasteiger partial charge in [-0.2, -0.15) is 0 Å². The average Bonchev–Trinajstić information content (AvgIpc) is 3.21. The lowest BCUT2D eigenvalue weighted by Gasteiger charge is -2.22. The molecule has 25 heavy (non-hydrogen) atoms. The predicted octanol–water partition coefficient (Wildman–Crippen LogP) is 2.42. The van der Waals surface area contributed by atoms with Crippen molar-refractivity contribution in [3.63, 3.8) is 0 Å². The summed E-state index contributed by atoms with van der Waals surface area (Å²) in [6.07, 6.45) is 1.85. The van der Waals surface area contributed by atoms with Crippen LogP contribution in [0.1, 0.15) is 20.9 Å². The van der Waals surface area contributed by atoms with Crippen LogP contribution >= 0.6 is 11.3 Å². The first-order valence-corrected chi connectivity index (χ1v) is 9.65. The molecule has 0 radical (unpaired) electrons. The summed E-state index contributed by atoms with van der Waals surface area (Å²) in [7, 11) is 0. The number of amides is 1. The molecule has 2 aliphatic heterocycles. The summed E-state index contributed by atoms with van der Waals surface area (Å²) >= 11 is 1.80. The number of aryl methyl sites for hydroxylation is 1. The van der Waals surface area contributed by atoms with E-state index in [0.29, 0.717) is 18.2 Å². The van der Waals surface area contributed by atoms with Gasteiger partial charge in [0.15, 0.2) is 0 Å². The Balaban J connectivity index is 1.42. The first-order valence-electron chi connectivity index (χ1n) is 8.77. The minimum absolute atomic E-state index is 0.0187. The summed E-state index contributed by atoms with van der Waals surface area (Å²) in [5, 5.41) is 2.12. The fraction of sp³-hybridized carbons (Fsp3) is 0.474. The maximum Gasteiger partial charge on any atom is 0.272 e. The third kappa shape index (κ3) is 3.76. The first-order chi connectivity index (χ1) is 12.2. The van der Waals surface area contributed by atoms with Crippen LogP contribution in [-0.4, -0.2) is 59.6 Å². The molecule has 2 aliphatic rings. The quantitative estimate of drug-likeness (QED) is 0.846. The summed E-state index contributed by atoms with van der Waals surface area (Å²) in [6, 6.07) is 8.06. The van der Waals surface area contributed by atoms with Crippen molar-refractivity contribution < 1.29 is 9.53 Å². The van der Waals surface area contributed by atoms with Crippen LogP contribution in [0.25, 0.3) is 0 Å². The standard InChI is InChI=1S/C19H23N3O2S/c1-14-4-5-20-17(9-14)19(23)22-11-15-10-21(6-7-24-18(15)13-22)12-16-3-2-8-25-16/h2-5,8-9,15,18H,6-7,10-13H2,1H3/t15-,18+/m1/s1. The highest BCUT2D eigenvalue weighted by Gasteiger charge is 2.39. The number of ether oxygens (including phenoxy) is 1. The van der Waals surface area contributed by atoms with E-state index in [0.717, 1.165) is 38.3 Å². The van der Waals surface area contributed by atoms with Gasteiger partial charge in [0, 0.05) is 49.7 Å². The molecule has 4 heterocycles. The SMILES string of the molecule is Cc1ccnc(C(=O)N2C[C@H]3CN(Cc4cccs4)CCO[C@H]3C2)c1. The predicted molar refractivity (Wildman–Crippen MR) is 97.7 cm³/mol. The number of rotatable bonds is 3. The van der Waals surface area contributed by atoms with Gasteiger partial charge in [0.2, 0.25) is 0 Å². The molecule has 0 N–H and O–H groups in total. The lowest BCUT2D eigenvalue weighted by Crippen LogP contribution is -2.33. The van der Waals surface area contributed by atoms with E-state index >= 15 is 0 Å². The number of pyridine rings is 1. The van der Waals surface area contributed by atoms with E-state index in [-0.39, 0.29) is 12.0 Å². The van der Waals surface area contributed by atoms with Crippen LogP contribution < -0.4 is 0 Å². The summed E-state index contributed by atoms with van der Waals surface area (Å²) in [6.45, 7) is 7.05. The van der Waals surface area contributed by atoms with E-state index < -0.39 is 0 Å². The average molecular weight is 357 g/mol. The number of thiophene rings is 1. The number of likely N-dealkylation sites (tertiary alicyclic amines) is 1. The Labute approximate surface area is 152 Å². The van der Waals surface area contributed by atoms with Crippen molar-refractivity contribution in [1.82, 2.24) is 14.8 Å². The number of carbonyl (C=O) groups excluding carboxylic acids is 1. The van der Waals surface area contributed by atoms with Crippen LogP contribution in [0.5, 0.6) is 0 Å². The number of fused-ring (bicyclic) bond motifs is 1. The monoisotopic (exact) mass is 357 g/mol. The molecule has 0 spiro atoms. The lowest BCUT2D eigenvalue weighted by molar-refractivity contribution is 0.0482. The third-order valence-electron chi connectivity index (χ3n) is 4.99. The van der Waals surface area contributed by atoms with Crippen LogP contribution in [-0.2, 0) is 11.3 Å². The van der Waals surface area contributed by atoms with Crippen molar-refractivity contribution in [1.29, 1.82) is 0 Å². The molecule has 0 aliphatic carbocycles. The maximum absolute atomic E-state index is 12.8. The third-order valence-corrected chi connectivity index (χ3v) is 5.86. The molecule has 1 amide bonds. The highest BCUT2D eigenvalue weighted by molar-refractivity contribution is 7.09. The Hall–Kier alpha value is -1.76. The van der Waals surface area contributed by atoms with Gasteiger partial charge < -0.3 is 9.64 Å². The molecular weight excluding hydrogens is 334 g/mol. The van der Waals surface area contributed by atoms with E-state index in [4.69, 9.17) is 4.74 Å². The van der Waals surface area contributed by atoms with E-state index in [1.807, 2.05) is 24.0 Å². The minimum atomic E-state index is 0.0187. The van der Waals surface area contributed by atoms with Gasteiger partial charge in [0.05, 0.1) is 12.7 Å². The second-order valence-corrected chi connectivity index (χ2v) is 7.94. The first kappa shape index (κ1) is 16.7. The zero-order valence-corrected chi connectivity index (χ0v) is 15.2. The molecule has 0 unspecified atom stereocenters. The van der Waals surface area contributed by atoms with Crippen LogP contribution in [0.3, 0.4) is 0 Å². The molecule has 2 aromatic rings. The van der Waals surface area contributed by atoms with Crippen LogP contribution in [0.2, 0.25) is 0 Å². The van der Waals surface area contributed by atoms with E-state index in [1.165, 1.54) is 4.88 Å². The molecular formula is C19H23N3O2S. The Morgan fingerprint density at radius 3 is 3.08 bits per heavy atom. The van der Waals surface area contributed by atoms with E-state index in [9.17, 15) is 4.79 Å². The zero-order valence-electron chi connectivity index (χ0n) is 14.4. The van der Waals surface area contributed by atoms with Gasteiger partial charge in [-0.05, 0) is 36.1 Å². The Bertz CT molecular complexity index is 734. The summed E-state index contributed by atoms with van der Waals surface area (Å²) < 4.78 is 6.06. The number of carbonyl (C=O) groups is 1. The highest BCUT2D eigenvalue weighted by atomic mass is 32.1. The summed E-state index contributed by atoms with van der Waals surface area (Å²) in [4.78, 5) is 22.8. The molecule has 0 saturated carbocycles. The number of hydrogen-bond donors (Lipinski definition) is 0. The Kier molecular flexibility index (Phi) is 4.83. The molecule has 4 rings (SSSR count). The van der Waals surface area contributed by atoms with Crippen molar-refractivity contribution in [2.24, 2.45) is 5.92 Å². The number of aromatic nitrogens is 1. The van der Waals surface area contributed by atoms with Crippen molar-refractivity contribution in [2.45, 2.75) is 19.6 Å². The van der Waals surface area contributed by atoms with Crippen molar-refractivity contribution in [3.8, 4) is 0 Å². The van der Waals surface area contributed by atoms with Gasteiger partial charge in [-0.15, -0.1) is 11.3 Å². The summed E-state index contributed by atoms with van der Waals surface area (Å²) in [5.74, 6) is 0.390. The maximum atomic E-state index is 12.8. The molecule has 132 valence electrons. The fourth-order valence-corrected chi connectivity index (χ4v) is 4.46. The molecule has 0 aromatic carbocycles. The molecule has 2 atom stereocenters. The van der Waals surface area contributed by atoms with Gasteiger partial charge >= 0.3 is 0 Å².